The number of Topliss-reactive ketones (excluding diaryl/α,β-unsaturated/α-hetero) is 1. The van der Waals surface area contributed by atoms with Gasteiger partial charge in [0.2, 0.25) is 5.78 Å². The van der Waals surface area contributed by atoms with Gasteiger partial charge in [-0.1, -0.05) is 11.6 Å². The molecule has 2 aromatic rings. The van der Waals surface area contributed by atoms with Gasteiger partial charge < -0.3 is 14.0 Å². The van der Waals surface area contributed by atoms with Crippen LogP contribution in [0.15, 0.2) is 24.3 Å². The molecule has 0 unspecified atom stereocenters. The lowest BCUT2D eigenvalue weighted by molar-refractivity contribution is 0.0471. The lowest BCUT2D eigenvalue weighted by Gasteiger charge is -2.13. The number of aromatic nitrogens is 1. The van der Waals surface area contributed by atoms with Crippen molar-refractivity contribution in [1.82, 2.24) is 4.57 Å². The lowest BCUT2D eigenvalue weighted by Crippen LogP contribution is -2.16. The minimum absolute atomic E-state index is 0.190. The maximum Gasteiger partial charge on any atom is 0.342 e. The normalized spacial score (nSPS) is 10.8. The van der Waals surface area contributed by atoms with Gasteiger partial charge >= 0.3 is 5.97 Å². The van der Waals surface area contributed by atoms with Crippen molar-refractivity contribution in [1.29, 1.82) is 0 Å². The Bertz CT molecular complexity index is 808. The van der Waals surface area contributed by atoms with Crippen LogP contribution < -0.4 is 4.74 Å². The fourth-order valence-corrected chi connectivity index (χ4v) is 3.15. The molecule has 0 radical (unpaired) electrons. The fourth-order valence-electron chi connectivity index (χ4n) is 2.98. The molecule has 2 rings (SSSR count). The zero-order valence-electron chi connectivity index (χ0n) is 15.1. The third-order valence-electron chi connectivity index (χ3n) is 4.02. The Morgan fingerprint density at radius 3 is 2.40 bits per heavy atom. The Morgan fingerprint density at radius 2 is 1.84 bits per heavy atom. The van der Waals surface area contributed by atoms with E-state index in [-0.39, 0.29) is 24.0 Å². The zero-order chi connectivity index (χ0) is 18.7. The van der Waals surface area contributed by atoms with Crippen LogP contribution in [0.1, 0.15) is 52.0 Å². The first kappa shape index (κ1) is 19.1. The van der Waals surface area contributed by atoms with Crippen LogP contribution in [0.4, 0.5) is 0 Å². The molecule has 0 saturated carbocycles. The van der Waals surface area contributed by atoms with Gasteiger partial charge in [0.25, 0.3) is 0 Å². The zero-order valence-corrected chi connectivity index (χ0v) is 15.8. The Labute approximate surface area is 152 Å². The summed E-state index contributed by atoms with van der Waals surface area (Å²) in [5.41, 5.74) is 2.63. The molecule has 1 aromatic carbocycles. The van der Waals surface area contributed by atoms with E-state index in [1.807, 2.05) is 19.9 Å². The van der Waals surface area contributed by atoms with Gasteiger partial charge in [-0.05, 0) is 52.0 Å². The predicted molar refractivity (Wildman–Crippen MR) is 96.9 cm³/mol. The topological polar surface area (TPSA) is 57.5 Å². The van der Waals surface area contributed by atoms with Crippen molar-refractivity contribution in [3.05, 3.63) is 51.8 Å². The maximum atomic E-state index is 12.5. The number of ketones is 1. The van der Waals surface area contributed by atoms with E-state index in [1.165, 1.54) is 13.2 Å². The molecule has 0 atom stereocenters. The molecule has 0 aliphatic heterocycles. The third kappa shape index (κ3) is 4.04. The number of methoxy groups -OCH3 is 1. The Balaban J connectivity index is 2.14. The second-order valence-electron chi connectivity index (χ2n) is 6.09. The van der Waals surface area contributed by atoms with E-state index in [1.54, 1.807) is 12.1 Å². The van der Waals surface area contributed by atoms with Crippen molar-refractivity contribution in [2.45, 2.75) is 33.7 Å². The Hall–Kier alpha value is -2.27. The van der Waals surface area contributed by atoms with Gasteiger partial charge in [0.05, 0.1) is 7.11 Å². The number of carbonyl (C=O) groups is 2. The van der Waals surface area contributed by atoms with E-state index in [0.29, 0.717) is 16.3 Å². The molecule has 134 valence electrons. The lowest BCUT2D eigenvalue weighted by atomic mass is 10.1. The van der Waals surface area contributed by atoms with Crippen molar-refractivity contribution in [2.24, 2.45) is 0 Å². The van der Waals surface area contributed by atoms with Crippen LogP contribution in [0.3, 0.4) is 0 Å². The van der Waals surface area contributed by atoms with Crippen LogP contribution in [0.25, 0.3) is 0 Å². The molecule has 0 amide bonds. The van der Waals surface area contributed by atoms with Crippen LogP contribution >= 0.6 is 11.6 Å². The maximum absolute atomic E-state index is 12.5. The molecule has 6 heteroatoms. The number of benzene rings is 1. The van der Waals surface area contributed by atoms with Crippen molar-refractivity contribution in [3.8, 4) is 5.75 Å². The van der Waals surface area contributed by atoms with Gasteiger partial charge in [-0.25, -0.2) is 4.79 Å². The molecule has 1 aromatic heterocycles. The van der Waals surface area contributed by atoms with Gasteiger partial charge in [-0.3, -0.25) is 4.79 Å². The summed E-state index contributed by atoms with van der Waals surface area (Å²) in [6.07, 6.45) is 0. The number of aryl methyl sites for hydroxylation is 1. The number of hydrogen-bond acceptors (Lipinski definition) is 4. The van der Waals surface area contributed by atoms with Gasteiger partial charge in [0.1, 0.15) is 11.3 Å². The molecule has 0 aliphatic carbocycles. The molecule has 0 bridgehead atoms. The summed E-state index contributed by atoms with van der Waals surface area (Å²) in [6.45, 7) is 7.62. The van der Waals surface area contributed by atoms with E-state index in [0.717, 1.165) is 11.4 Å². The van der Waals surface area contributed by atoms with Gasteiger partial charge in [-0.15, -0.1) is 0 Å². The molecule has 0 fully saturated rings. The van der Waals surface area contributed by atoms with E-state index in [9.17, 15) is 9.59 Å². The standard InChI is InChI=1S/C19H22ClNO4/c1-11(2)21-12(3)8-15(13(21)4)17(22)10-25-19(23)16-9-14(20)6-7-18(16)24-5/h6-9,11H,10H2,1-5H3. The summed E-state index contributed by atoms with van der Waals surface area (Å²) in [6, 6.07) is 6.73. The highest BCUT2D eigenvalue weighted by Gasteiger charge is 2.20. The Kier molecular flexibility index (Phi) is 5.90. The van der Waals surface area contributed by atoms with Gasteiger partial charge in [0.15, 0.2) is 6.61 Å². The SMILES string of the molecule is COc1ccc(Cl)cc1C(=O)OCC(=O)c1cc(C)n(C(C)C)c1C. The first-order valence-electron chi connectivity index (χ1n) is 7.98. The third-order valence-corrected chi connectivity index (χ3v) is 4.25. The number of rotatable bonds is 6. The molecule has 25 heavy (non-hydrogen) atoms. The van der Waals surface area contributed by atoms with E-state index in [4.69, 9.17) is 21.1 Å². The molecule has 0 N–H and O–H groups in total. The smallest absolute Gasteiger partial charge is 0.342 e. The summed E-state index contributed by atoms with van der Waals surface area (Å²) in [5.74, 6) is -0.542. The van der Waals surface area contributed by atoms with Gasteiger partial charge in [0, 0.05) is 28.0 Å². The summed E-state index contributed by atoms with van der Waals surface area (Å²) >= 11 is 5.91. The number of nitrogens with zero attached hydrogens (tertiary/aromatic N) is 1. The number of carbonyl (C=O) groups excluding carboxylic acids is 2. The quantitative estimate of drug-likeness (QED) is 0.564. The van der Waals surface area contributed by atoms with Crippen LogP contribution in [-0.4, -0.2) is 30.0 Å². The number of ether oxygens (including phenoxy) is 2. The minimum atomic E-state index is -0.648. The second kappa shape index (κ2) is 7.74. The van der Waals surface area contributed by atoms with E-state index < -0.39 is 5.97 Å². The van der Waals surface area contributed by atoms with Crippen LogP contribution in [0.5, 0.6) is 5.75 Å². The molecule has 1 heterocycles. The molecule has 0 spiro atoms. The monoisotopic (exact) mass is 363 g/mol. The molecular weight excluding hydrogens is 342 g/mol. The Morgan fingerprint density at radius 1 is 1.16 bits per heavy atom. The van der Waals surface area contributed by atoms with Crippen LogP contribution in [0, 0.1) is 13.8 Å². The largest absolute Gasteiger partial charge is 0.496 e. The fraction of sp³-hybridized carbons (Fsp3) is 0.368. The van der Waals surface area contributed by atoms with E-state index >= 15 is 0 Å². The number of hydrogen-bond donors (Lipinski definition) is 0. The van der Waals surface area contributed by atoms with Gasteiger partial charge in [-0.2, -0.15) is 0 Å². The van der Waals surface area contributed by atoms with Crippen molar-refractivity contribution in [3.63, 3.8) is 0 Å². The first-order valence-corrected chi connectivity index (χ1v) is 8.36. The second-order valence-corrected chi connectivity index (χ2v) is 6.53. The summed E-state index contributed by atoms with van der Waals surface area (Å²) in [5, 5.41) is 0.388. The number of esters is 1. The number of halogens is 1. The first-order chi connectivity index (χ1) is 11.8. The summed E-state index contributed by atoms with van der Waals surface area (Å²) in [7, 11) is 1.45. The molecule has 0 aliphatic rings. The van der Waals surface area contributed by atoms with Crippen LogP contribution in [0.2, 0.25) is 5.02 Å². The molecule has 0 saturated heterocycles. The average molecular weight is 364 g/mol. The average Bonchev–Trinajstić information content (AvgIpc) is 2.86. The van der Waals surface area contributed by atoms with Crippen molar-refractivity contribution < 1.29 is 19.1 Å². The van der Waals surface area contributed by atoms with E-state index in [2.05, 4.69) is 18.4 Å². The minimum Gasteiger partial charge on any atom is -0.496 e. The van der Waals surface area contributed by atoms with Crippen molar-refractivity contribution in [2.75, 3.05) is 13.7 Å². The highest BCUT2D eigenvalue weighted by molar-refractivity contribution is 6.31. The molecular formula is C19H22ClNO4. The summed E-state index contributed by atoms with van der Waals surface area (Å²) < 4.78 is 12.4. The van der Waals surface area contributed by atoms with Crippen molar-refractivity contribution >= 4 is 23.4 Å². The highest BCUT2D eigenvalue weighted by atomic mass is 35.5. The summed E-state index contributed by atoms with van der Waals surface area (Å²) in [4.78, 5) is 24.7. The predicted octanol–water partition coefficient (Wildman–Crippen LogP) is 4.39. The molecule has 5 nitrogen and oxygen atoms in total. The highest BCUT2D eigenvalue weighted by Crippen LogP contribution is 2.24. The van der Waals surface area contributed by atoms with Crippen LogP contribution in [-0.2, 0) is 4.74 Å².